The Morgan fingerprint density at radius 2 is 2.50 bits per heavy atom. The Bertz CT molecular complexity index is 302. The van der Waals surface area contributed by atoms with Crippen LogP contribution in [0.25, 0.3) is 0 Å². The van der Waals surface area contributed by atoms with E-state index in [1.165, 1.54) is 0 Å². The smallest absolute Gasteiger partial charge is 0.329 e. The molecular formula is C7H10N2O4S. The summed E-state index contributed by atoms with van der Waals surface area (Å²) in [4.78, 5) is 14.1. The highest BCUT2D eigenvalue weighted by Crippen LogP contribution is 2.05. The largest absolute Gasteiger partial charge is 0.480 e. The van der Waals surface area contributed by atoms with E-state index in [2.05, 4.69) is 10.1 Å². The van der Waals surface area contributed by atoms with Crippen LogP contribution in [0.5, 0.6) is 0 Å². The van der Waals surface area contributed by atoms with Crippen LogP contribution in [0.3, 0.4) is 0 Å². The zero-order chi connectivity index (χ0) is 10.4. The average Bonchev–Trinajstić information content (AvgIpc) is 2.53. The number of aliphatic carboxylic acids is 1. The number of nitrogens with zero attached hydrogens (tertiary/aromatic N) is 2. The quantitative estimate of drug-likeness (QED) is 0.745. The highest BCUT2D eigenvalue weighted by atomic mass is 32.2. The molecule has 1 N–H and O–H groups in total. The van der Waals surface area contributed by atoms with Crippen molar-refractivity contribution in [2.45, 2.75) is 12.4 Å². The van der Waals surface area contributed by atoms with Gasteiger partial charge < -0.3 is 14.4 Å². The van der Waals surface area contributed by atoms with E-state index in [-0.39, 0.29) is 13.2 Å². The Hall–Kier alpha value is -1.08. The Labute approximate surface area is 84.6 Å². The van der Waals surface area contributed by atoms with Crippen molar-refractivity contribution in [3.05, 3.63) is 11.7 Å². The van der Waals surface area contributed by atoms with Crippen molar-refractivity contribution >= 4 is 17.7 Å². The van der Waals surface area contributed by atoms with E-state index in [1.54, 1.807) is 11.8 Å². The predicted octanol–water partition coefficient (Wildman–Crippen LogP) is 0.534. The Morgan fingerprint density at radius 1 is 1.71 bits per heavy atom. The van der Waals surface area contributed by atoms with Gasteiger partial charge in [-0.15, -0.1) is 0 Å². The van der Waals surface area contributed by atoms with Gasteiger partial charge in [-0.2, -0.15) is 16.7 Å². The van der Waals surface area contributed by atoms with Crippen LogP contribution < -0.4 is 0 Å². The highest BCUT2D eigenvalue weighted by molar-refractivity contribution is 7.97. The minimum Gasteiger partial charge on any atom is -0.480 e. The van der Waals surface area contributed by atoms with E-state index in [9.17, 15) is 4.79 Å². The second kappa shape index (κ2) is 5.61. The zero-order valence-corrected chi connectivity index (χ0v) is 8.41. The zero-order valence-electron chi connectivity index (χ0n) is 7.60. The van der Waals surface area contributed by atoms with E-state index >= 15 is 0 Å². The second-order valence-corrected chi connectivity index (χ2v) is 3.29. The second-order valence-electron chi connectivity index (χ2n) is 2.42. The van der Waals surface area contributed by atoms with Crippen molar-refractivity contribution < 1.29 is 19.2 Å². The fourth-order valence-electron chi connectivity index (χ4n) is 0.762. The standard InChI is InChI=1S/C7H10N2O4S/c1-14-4-5-8-6(13-9-5)2-12-3-7(10)11/h2-4H2,1H3,(H,10,11). The molecule has 7 heteroatoms. The number of ether oxygens (including phenoxy) is 1. The first-order valence-electron chi connectivity index (χ1n) is 3.82. The van der Waals surface area contributed by atoms with Gasteiger partial charge in [0.2, 0.25) is 0 Å². The summed E-state index contributed by atoms with van der Waals surface area (Å²) in [6, 6.07) is 0. The van der Waals surface area contributed by atoms with Gasteiger partial charge in [0.15, 0.2) is 5.82 Å². The lowest BCUT2D eigenvalue weighted by Gasteiger charge is -1.93. The summed E-state index contributed by atoms with van der Waals surface area (Å²) < 4.78 is 9.58. The molecule has 1 rings (SSSR count). The van der Waals surface area contributed by atoms with E-state index in [0.717, 1.165) is 0 Å². The molecule has 0 aliphatic rings. The number of hydrogen-bond donors (Lipinski definition) is 1. The number of carboxylic acid groups (broad SMARTS) is 1. The summed E-state index contributed by atoms with van der Waals surface area (Å²) in [6.45, 7) is -0.325. The van der Waals surface area contributed by atoms with Crippen LogP contribution in [0.4, 0.5) is 0 Å². The van der Waals surface area contributed by atoms with Gasteiger partial charge >= 0.3 is 5.97 Å². The van der Waals surface area contributed by atoms with Gasteiger partial charge in [0.1, 0.15) is 13.2 Å². The Kier molecular flexibility index (Phi) is 4.41. The summed E-state index contributed by atoms with van der Waals surface area (Å²) in [5, 5.41) is 12.0. The van der Waals surface area contributed by atoms with Gasteiger partial charge in [-0.1, -0.05) is 5.16 Å². The molecule has 0 fully saturated rings. The first-order valence-corrected chi connectivity index (χ1v) is 5.21. The van der Waals surface area contributed by atoms with Crippen LogP contribution in [-0.4, -0.2) is 34.1 Å². The third-order valence-corrected chi connectivity index (χ3v) is 1.78. The topological polar surface area (TPSA) is 85.5 Å². The van der Waals surface area contributed by atoms with Crippen LogP contribution in [0.15, 0.2) is 4.52 Å². The first-order chi connectivity index (χ1) is 6.72. The molecule has 78 valence electrons. The Balaban J connectivity index is 2.32. The Morgan fingerprint density at radius 3 is 3.14 bits per heavy atom. The third-order valence-electron chi connectivity index (χ3n) is 1.23. The minimum absolute atomic E-state index is 0.0354. The maximum atomic E-state index is 10.1. The van der Waals surface area contributed by atoms with Gasteiger partial charge in [0.05, 0.1) is 5.75 Å². The molecule has 0 spiro atoms. The summed E-state index contributed by atoms with van der Waals surface area (Å²) in [7, 11) is 0. The monoisotopic (exact) mass is 218 g/mol. The van der Waals surface area contributed by atoms with Gasteiger partial charge in [-0.3, -0.25) is 0 Å². The number of thioether (sulfide) groups is 1. The lowest BCUT2D eigenvalue weighted by molar-refractivity contribution is -0.142. The maximum Gasteiger partial charge on any atom is 0.329 e. The van der Waals surface area contributed by atoms with E-state index in [0.29, 0.717) is 17.5 Å². The van der Waals surface area contributed by atoms with Crippen LogP contribution in [0, 0.1) is 0 Å². The van der Waals surface area contributed by atoms with Crippen LogP contribution in [0.1, 0.15) is 11.7 Å². The molecule has 0 aliphatic carbocycles. The molecule has 0 aliphatic heterocycles. The third kappa shape index (κ3) is 3.75. The van der Waals surface area contributed by atoms with Gasteiger partial charge in [0.25, 0.3) is 5.89 Å². The molecule has 0 radical (unpaired) electrons. The molecule has 0 unspecified atom stereocenters. The van der Waals surface area contributed by atoms with Gasteiger partial charge in [0, 0.05) is 0 Å². The SMILES string of the molecule is CSCc1noc(COCC(=O)O)n1. The van der Waals surface area contributed by atoms with E-state index in [1.807, 2.05) is 6.26 Å². The predicted molar refractivity (Wildman–Crippen MR) is 48.8 cm³/mol. The number of rotatable bonds is 6. The number of aromatic nitrogens is 2. The maximum absolute atomic E-state index is 10.1. The molecular weight excluding hydrogens is 208 g/mol. The van der Waals surface area contributed by atoms with Gasteiger partial charge in [-0.25, -0.2) is 4.79 Å². The molecule has 1 aromatic heterocycles. The highest BCUT2D eigenvalue weighted by Gasteiger charge is 2.06. The lowest BCUT2D eigenvalue weighted by atomic mass is 10.6. The molecule has 1 aromatic rings. The minimum atomic E-state index is -1.02. The van der Waals surface area contributed by atoms with E-state index in [4.69, 9.17) is 14.4 Å². The van der Waals surface area contributed by atoms with Crippen LogP contribution in [-0.2, 0) is 21.9 Å². The van der Waals surface area contributed by atoms with Crippen molar-refractivity contribution in [1.82, 2.24) is 10.1 Å². The molecule has 0 saturated carbocycles. The van der Waals surface area contributed by atoms with Crippen molar-refractivity contribution in [2.24, 2.45) is 0 Å². The van der Waals surface area contributed by atoms with E-state index < -0.39 is 5.97 Å². The molecule has 14 heavy (non-hydrogen) atoms. The number of hydrogen-bond acceptors (Lipinski definition) is 6. The fourth-order valence-corrected chi connectivity index (χ4v) is 1.14. The summed E-state index contributed by atoms with van der Waals surface area (Å²) in [6.07, 6.45) is 1.93. The fraction of sp³-hybridized carbons (Fsp3) is 0.571. The summed E-state index contributed by atoms with van der Waals surface area (Å²) >= 11 is 1.58. The molecule has 6 nitrogen and oxygen atoms in total. The van der Waals surface area contributed by atoms with Crippen molar-refractivity contribution in [3.8, 4) is 0 Å². The summed E-state index contributed by atoms with van der Waals surface area (Å²) in [5.41, 5.74) is 0. The molecule has 0 aromatic carbocycles. The van der Waals surface area contributed by atoms with Crippen molar-refractivity contribution in [3.63, 3.8) is 0 Å². The number of carbonyl (C=O) groups is 1. The van der Waals surface area contributed by atoms with Crippen LogP contribution in [0.2, 0.25) is 0 Å². The normalized spacial score (nSPS) is 10.4. The first kappa shape index (κ1) is 11.0. The van der Waals surface area contributed by atoms with Crippen LogP contribution >= 0.6 is 11.8 Å². The molecule has 1 heterocycles. The molecule has 0 amide bonds. The lowest BCUT2D eigenvalue weighted by Crippen LogP contribution is -2.06. The van der Waals surface area contributed by atoms with Gasteiger partial charge in [-0.05, 0) is 6.26 Å². The average molecular weight is 218 g/mol. The van der Waals surface area contributed by atoms with Crippen molar-refractivity contribution in [1.29, 1.82) is 0 Å². The number of carboxylic acids is 1. The molecule has 0 saturated heterocycles. The molecule has 0 atom stereocenters. The molecule has 0 bridgehead atoms. The van der Waals surface area contributed by atoms with Crippen molar-refractivity contribution in [2.75, 3.05) is 12.9 Å². The summed E-state index contributed by atoms with van der Waals surface area (Å²) in [5.74, 6) is 0.540.